The molecule has 0 radical (unpaired) electrons. The van der Waals surface area contributed by atoms with E-state index < -0.39 is 10.3 Å². The number of hydrogen-bond acceptors (Lipinski definition) is 4. The number of halogens is 2. The van der Waals surface area contributed by atoms with Crippen LogP contribution >= 0.6 is 40.5 Å². The highest BCUT2D eigenvalue weighted by Gasteiger charge is 2.31. The van der Waals surface area contributed by atoms with Crippen LogP contribution in [-0.4, -0.2) is 10.5 Å². The predicted octanol–water partition coefficient (Wildman–Crippen LogP) is 4.27. The van der Waals surface area contributed by atoms with E-state index in [1.807, 2.05) is 20.8 Å². The topological polar surface area (TPSA) is 35.8 Å². The average Bonchev–Trinajstić information content (AvgIpc) is 2.39. The maximum absolute atomic E-state index is 14.0. The van der Waals surface area contributed by atoms with Gasteiger partial charge in [-0.3, -0.25) is 4.72 Å². The highest BCUT2D eigenvalue weighted by Crippen LogP contribution is 2.34. The van der Waals surface area contributed by atoms with Crippen LogP contribution in [0.1, 0.15) is 26.3 Å². The Bertz CT molecular complexity index is 502. The van der Waals surface area contributed by atoms with Gasteiger partial charge in [-0.1, -0.05) is 28.7 Å². The summed E-state index contributed by atoms with van der Waals surface area (Å²) < 4.78 is 17.1. The number of thioether (sulfide) groups is 1. The van der Waals surface area contributed by atoms with Crippen LogP contribution in [0.15, 0.2) is 22.7 Å². The van der Waals surface area contributed by atoms with E-state index in [1.165, 1.54) is 17.8 Å². The van der Waals surface area contributed by atoms with Crippen LogP contribution < -0.4 is 4.72 Å². The molecule has 2 nitrogen and oxygen atoms in total. The molecule has 0 amide bonds. The zero-order valence-corrected chi connectivity index (χ0v) is 14.3. The molecule has 104 valence electrons. The van der Waals surface area contributed by atoms with Crippen molar-refractivity contribution in [2.75, 3.05) is 5.75 Å². The van der Waals surface area contributed by atoms with Gasteiger partial charge in [0, 0.05) is 15.8 Å². The lowest BCUT2D eigenvalue weighted by molar-refractivity contribution is 0.479. The quantitative estimate of drug-likeness (QED) is 0.767. The Morgan fingerprint density at radius 2 is 2.11 bits per heavy atom. The van der Waals surface area contributed by atoms with Crippen LogP contribution in [0.5, 0.6) is 0 Å². The molecule has 0 aromatic heterocycles. The summed E-state index contributed by atoms with van der Waals surface area (Å²) in [7, 11) is 0. The van der Waals surface area contributed by atoms with Gasteiger partial charge in [-0.2, -0.15) is 5.26 Å². The highest BCUT2D eigenvalue weighted by molar-refractivity contribution is 9.10. The normalized spacial score (nSPS) is 14.8. The first-order chi connectivity index (χ1) is 8.74. The van der Waals surface area contributed by atoms with Crippen LogP contribution in [0.25, 0.3) is 0 Å². The summed E-state index contributed by atoms with van der Waals surface area (Å²) in [6.45, 7) is 5.55. The lowest BCUT2D eigenvalue weighted by Crippen LogP contribution is -2.38. The van der Waals surface area contributed by atoms with Crippen LogP contribution in [0.4, 0.5) is 4.39 Å². The maximum Gasteiger partial charge on any atom is 0.128 e. The molecular weight excluding hydrogens is 347 g/mol. The number of nitrogens with zero attached hydrogens (tertiary/aromatic N) is 1. The Labute approximate surface area is 131 Å². The van der Waals surface area contributed by atoms with Crippen molar-refractivity contribution in [2.45, 2.75) is 31.1 Å². The number of benzene rings is 1. The molecular formula is C13H16BrFN2S2. The van der Waals surface area contributed by atoms with E-state index in [9.17, 15) is 4.39 Å². The van der Waals surface area contributed by atoms with Gasteiger partial charge in [0.15, 0.2) is 0 Å². The number of nitrogens with one attached hydrogen (secondary N) is 1. The molecule has 0 fully saturated rings. The molecule has 0 aliphatic rings. The van der Waals surface area contributed by atoms with Crippen LogP contribution in [0, 0.1) is 17.1 Å². The fourth-order valence-corrected chi connectivity index (χ4v) is 3.06. The SMILES string of the molecule is CC(C)(C#N)SC[C@](C)(NS)c1cc(Br)ccc1F. The maximum atomic E-state index is 14.0. The second-order valence-electron chi connectivity index (χ2n) is 4.98. The summed E-state index contributed by atoms with van der Waals surface area (Å²) >= 11 is 8.93. The van der Waals surface area contributed by atoms with Crippen molar-refractivity contribution in [1.29, 1.82) is 5.26 Å². The van der Waals surface area contributed by atoms with Crippen LogP contribution in [0.3, 0.4) is 0 Å². The lowest BCUT2D eigenvalue weighted by atomic mass is 9.95. The number of nitriles is 1. The van der Waals surface area contributed by atoms with Crippen molar-refractivity contribution in [3.63, 3.8) is 0 Å². The van der Waals surface area contributed by atoms with E-state index in [2.05, 4.69) is 39.5 Å². The molecule has 0 aliphatic heterocycles. The van der Waals surface area contributed by atoms with E-state index in [0.29, 0.717) is 11.3 Å². The van der Waals surface area contributed by atoms with Gasteiger partial charge in [0.2, 0.25) is 0 Å². The zero-order valence-electron chi connectivity index (χ0n) is 11.0. The van der Waals surface area contributed by atoms with Crippen molar-refractivity contribution < 1.29 is 4.39 Å². The largest absolute Gasteiger partial charge is 0.256 e. The monoisotopic (exact) mass is 362 g/mol. The van der Waals surface area contributed by atoms with Gasteiger partial charge in [0.05, 0.1) is 16.4 Å². The van der Waals surface area contributed by atoms with Gasteiger partial charge in [-0.25, -0.2) is 4.39 Å². The van der Waals surface area contributed by atoms with Gasteiger partial charge in [0.25, 0.3) is 0 Å². The number of rotatable bonds is 5. The molecule has 19 heavy (non-hydrogen) atoms. The molecule has 1 N–H and O–H groups in total. The van der Waals surface area contributed by atoms with Crippen molar-refractivity contribution in [2.24, 2.45) is 0 Å². The zero-order chi connectivity index (χ0) is 14.7. The van der Waals surface area contributed by atoms with Crippen molar-refractivity contribution in [3.05, 3.63) is 34.1 Å². The first-order valence-corrected chi connectivity index (χ1v) is 7.89. The van der Waals surface area contributed by atoms with Crippen molar-refractivity contribution in [3.8, 4) is 6.07 Å². The summed E-state index contributed by atoms with van der Waals surface area (Å²) in [4.78, 5) is 0. The van der Waals surface area contributed by atoms with Crippen molar-refractivity contribution in [1.82, 2.24) is 4.72 Å². The molecule has 0 heterocycles. The molecule has 0 bridgehead atoms. The molecule has 0 saturated heterocycles. The Kier molecular flexibility index (Phi) is 5.75. The Balaban J connectivity index is 3.04. The lowest BCUT2D eigenvalue weighted by Gasteiger charge is -2.31. The number of hydrogen-bond donors (Lipinski definition) is 2. The first-order valence-electron chi connectivity index (χ1n) is 5.66. The van der Waals surface area contributed by atoms with Crippen LogP contribution in [0.2, 0.25) is 0 Å². The van der Waals surface area contributed by atoms with Gasteiger partial charge in [-0.15, -0.1) is 11.8 Å². The summed E-state index contributed by atoms with van der Waals surface area (Å²) in [6, 6.07) is 7.03. The average molecular weight is 363 g/mol. The molecule has 1 rings (SSSR count). The molecule has 0 unspecified atom stereocenters. The standard InChI is InChI=1S/C13H16BrFN2S2/c1-12(2,7-16)19-8-13(3,17-18)10-6-9(14)4-5-11(10)15/h4-6,17-18H,8H2,1-3H3/t13-/m0/s1. The molecule has 1 aromatic carbocycles. The third-order valence-electron chi connectivity index (χ3n) is 2.76. The molecule has 1 atom stereocenters. The molecule has 0 saturated carbocycles. The van der Waals surface area contributed by atoms with Gasteiger partial charge >= 0.3 is 0 Å². The van der Waals surface area contributed by atoms with Gasteiger partial charge in [-0.05, 0) is 39.0 Å². The molecule has 0 aliphatic carbocycles. The fraction of sp³-hybridized carbons (Fsp3) is 0.462. The Morgan fingerprint density at radius 1 is 1.47 bits per heavy atom. The number of thiol groups is 1. The summed E-state index contributed by atoms with van der Waals surface area (Å²) in [5, 5.41) is 9.04. The predicted molar refractivity (Wildman–Crippen MR) is 85.7 cm³/mol. The first kappa shape index (κ1) is 16.8. The second kappa shape index (κ2) is 6.49. The molecule has 1 aromatic rings. The fourth-order valence-electron chi connectivity index (χ4n) is 1.45. The van der Waals surface area contributed by atoms with Gasteiger partial charge in [0.1, 0.15) is 5.82 Å². The van der Waals surface area contributed by atoms with E-state index in [0.717, 1.165) is 4.47 Å². The van der Waals surface area contributed by atoms with E-state index >= 15 is 0 Å². The Morgan fingerprint density at radius 3 is 2.63 bits per heavy atom. The van der Waals surface area contributed by atoms with Gasteiger partial charge < -0.3 is 0 Å². The minimum absolute atomic E-state index is 0.289. The van der Waals surface area contributed by atoms with E-state index in [4.69, 9.17) is 5.26 Å². The molecule has 0 spiro atoms. The second-order valence-corrected chi connectivity index (χ2v) is 7.72. The third kappa shape index (κ3) is 4.38. The third-order valence-corrected chi connectivity index (χ3v) is 5.28. The minimum Gasteiger partial charge on any atom is -0.256 e. The van der Waals surface area contributed by atoms with E-state index in [-0.39, 0.29) is 5.82 Å². The Hall–Kier alpha value is -0.220. The highest BCUT2D eigenvalue weighted by atomic mass is 79.9. The van der Waals surface area contributed by atoms with Crippen LogP contribution in [-0.2, 0) is 5.54 Å². The van der Waals surface area contributed by atoms with Crippen molar-refractivity contribution >= 4 is 40.5 Å². The minimum atomic E-state index is -0.657. The molecule has 6 heteroatoms. The smallest absolute Gasteiger partial charge is 0.128 e. The summed E-state index contributed by atoms with van der Waals surface area (Å²) in [5.41, 5.74) is -0.131. The van der Waals surface area contributed by atoms with E-state index in [1.54, 1.807) is 12.1 Å². The summed E-state index contributed by atoms with van der Waals surface area (Å²) in [6.07, 6.45) is 0. The summed E-state index contributed by atoms with van der Waals surface area (Å²) in [5.74, 6) is 0.243.